The maximum absolute atomic E-state index is 6.07. The molecule has 1 aliphatic rings. The second-order valence-corrected chi connectivity index (χ2v) is 7.12. The molecule has 1 aliphatic heterocycles. The molecule has 0 saturated carbocycles. The molecule has 94 valence electrons. The molecule has 0 radical (unpaired) electrons. The number of anilines is 2. The van der Waals surface area contributed by atoms with Crippen molar-refractivity contribution in [3.63, 3.8) is 0 Å². The number of nitrogens with two attached hydrogens (primary N) is 1. The minimum atomic E-state index is 0.935. The molecule has 0 bridgehead atoms. The molecule has 2 nitrogen and oxygen atoms in total. The highest BCUT2D eigenvalue weighted by atomic mass is 79.9. The van der Waals surface area contributed by atoms with Gasteiger partial charge in [0.05, 0.1) is 10.3 Å². The zero-order chi connectivity index (χ0) is 12.5. The van der Waals surface area contributed by atoms with Crippen molar-refractivity contribution >= 4 is 38.6 Å². The van der Waals surface area contributed by atoms with Gasteiger partial charge < -0.3 is 10.6 Å². The van der Waals surface area contributed by atoms with Gasteiger partial charge in [-0.2, -0.15) is 0 Å². The van der Waals surface area contributed by atoms with E-state index in [1.165, 1.54) is 26.3 Å². The van der Waals surface area contributed by atoms with E-state index in [0.29, 0.717) is 0 Å². The molecule has 1 aromatic heterocycles. The lowest BCUT2D eigenvalue weighted by Gasteiger charge is -2.31. The molecular formula is C14H15BrN2S. The van der Waals surface area contributed by atoms with Crippen molar-refractivity contribution in [3.05, 3.63) is 44.6 Å². The third-order valence-electron chi connectivity index (χ3n) is 3.36. The number of thiophene rings is 1. The van der Waals surface area contributed by atoms with Gasteiger partial charge in [-0.1, -0.05) is 6.07 Å². The van der Waals surface area contributed by atoms with Gasteiger partial charge in [0.2, 0.25) is 0 Å². The Morgan fingerprint density at radius 2 is 2.17 bits per heavy atom. The summed E-state index contributed by atoms with van der Waals surface area (Å²) in [5, 5.41) is 0. The highest BCUT2D eigenvalue weighted by Crippen LogP contribution is 2.33. The van der Waals surface area contributed by atoms with Crippen LogP contribution >= 0.6 is 27.3 Å². The zero-order valence-corrected chi connectivity index (χ0v) is 12.4. The predicted octanol–water partition coefficient (Wildman–Crippen LogP) is 4.05. The van der Waals surface area contributed by atoms with E-state index in [1.54, 1.807) is 11.3 Å². The van der Waals surface area contributed by atoms with Crippen LogP contribution in [0.5, 0.6) is 0 Å². The fraction of sp³-hybridized carbons (Fsp3) is 0.286. The van der Waals surface area contributed by atoms with Gasteiger partial charge in [-0.25, -0.2) is 0 Å². The Bertz CT molecular complexity index is 565. The summed E-state index contributed by atoms with van der Waals surface area (Å²) in [6, 6.07) is 10.5. The molecule has 2 heterocycles. The Morgan fingerprint density at radius 3 is 2.94 bits per heavy atom. The third-order valence-corrected chi connectivity index (χ3v) is 4.97. The molecule has 2 aromatic rings. The van der Waals surface area contributed by atoms with Crippen LogP contribution in [0, 0.1) is 0 Å². The van der Waals surface area contributed by atoms with E-state index in [4.69, 9.17) is 5.73 Å². The van der Waals surface area contributed by atoms with Gasteiger partial charge in [0.15, 0.2) is 0 Å². The maximum Gasteiger partial charge on any atom is 0.0702 e. The van der Waals surface area contributed by atoms with Crippen LogP contribution in [0.1, 0.15) is 16.9 Å². The Kier molecular flexibility index (Phi) is 3.31. The number of nitrogens with zero attached hydrogens (tertiary/aromatic N) is 1. The van der Waals surface area contributed by atoms with Crippen LogP contribution in [-0.4, -0.2) is 6.54 Å². The minimum Gasteiger partial charge on any atom is -0.398 e. The Labute approximate surface area is 120 Å². The molecule has 1 aromatic carbocycles. The molecule has 4 heteroatoms. The quantitative estimate of drug-likeness (QED) is 0.845. The lowest BCUT2D eigenvalue weighted by molar-refractivity contribution is 0.696. The molecular weight excluding hydrogens is 308 g/mol. The number of hydrogen-bond donors (Lipinski definition) is 1. The first kappa shape index (κ1) is 12.1. The normalized spacial score (nSPS) is 14.6. The lowest BCUT2D eigenvalue weighted by Crippen LogP contribution is -2.28. The highest BCUT2D eigenvalue weighted by molar-refractivity contribution is 9.11. The monoisotopic (exact) mass is 322 g/mol. The van der Waals surface area contributed by atoms with Crippen molar-refractivity contribution in [2.75, 3.05) is 17.2 Å². The molecule has 0 amide bonds. The number of nitrogen functional groups attached to an aromatic ring is 1. The first-order chi connectivity index (χ1) is 8.74. The molecule has 0 unspecified atom stereocenters. The van der Waals surface area contributed by atoms with E-state index in [-0.39, 0.29) is 0 Å². The van der Waals surface area contributed by atoms with Crippen molar-refractivity contribution in [1.82, 2.24) is 0 Å². The molecule has 0 aliphatic carbocycles. The first-order valence-corrected chi connectivity index (χ1v) is 7.71. The van der Waals surface area contributed by atoms with E-state index >= 15 is 0 Å². The largest absolute Gasteiger partial charge is 0.398 e. The third kappa shape index (κ3) is 2.27. The maximum atomic E-state index is 6.07. The number of fused-ring (bicyclic) bond motifs is 1. The van der Waals surface area contributed by atoms with Gasteiger partial charge in [-0.05, 0) is 58.6 Å². The fourth-order valence-electron chi connectivity index (χ4n) is 2.52. The second kappa shape index (κ2) is 4.94. The smallest absolute Gasteiger partial charge is 0.0702 e. The van der Waals surface area contributed by atoms with Crippen molar-refractivity contribution in [2.45, 2.75) is 19.4 Å². The van der Waals surface area contributed by atoms with Gasteiger partial charge in [0.25, 0.3) is 0 Å². The SMILES string of the molecule is Nc1cccc2c1CCCN2Cc1ccc(Br)s1. The van der Waals surface area contributed by atoms with E-state index in [0.717, 1.165) is 25.2 Å². The zero-order valence-electron chi connectivity index (χ0n) is 10.0. The van der Waals surface area contributed by atoms with E-state index in [2.05, 4.69) is 45.1 Å². The topological polar surface area (TPSA) is 29.3 Å². The molecule has 0 fully saturated rings. The summed E-state index contributed by atoms with van der Waals surface area (Å²) in [6.07, 6.45) is 2.29. The second-order valence-electron chi connectivity index (χ2n) is 4.58. The summed E-state index contributed by atoms with van der Waals surface area (Å²) in [4.78, 5) is 3.82. The summed E-state index contributed by atoms with van der Waals surface area (Å²) < 4.78 is 1.20. The van der Waals surface area contributed by atoms with Crippen LogP contribution < -0.4 is 10.6 Å². The van der Waals surface area contributed by atoms with Crippen molar-refractivity contribution < 1.29 is 0 Å². The standard InChI is InChI=1S/C14H15BrN2S/c15-14-7-6-10(18-14)9-17-8-2-3-11-12(16)4-1-5-13(11)17/h1,4-7H,2-3,8-9,16H2. The number of halogens is 1. The molecule has 0 saturated heterocycles. The summed E-state index contributed by atoms with van der Waals surface area (Å²) in [5.41, 5.74) is 9.63. The van der Waals surface area contributed by atoms with Gasteiger partial charge >= 0.3 is 0 Å². The van der Waals surface area contributed by atoms with Crippen molar-refractivity contribution in [1.29, 1.82) is 0 Å². The molecule has 18 heavy (non-hydrogen) atoms. The summed E-state index contributed by atoms with van der Waals surface area (Å²) in [7, 11) is 0. The Balaban J connectivity index is 1.89. The Morgan fingerprint density at radius 1 is 1.28 bits per heavy atom. The van der Waals surface area contributed by atoms with E-state index < -0.39 is 0 Å². The van der Waals surface area contributed by atoms with Crippen molar-refractivity contribution in [2.24, 2.45) is 0 Å². The lowest BCUT2D eigenvalue weighted by atomic mass is 10.00. The Hall–Kier alpha value is -1.000. The van der Waals surface area contributed by atoms with Crippen LogP contribution in [0.15, 0.2) is 34.1 Å². The van der Waals surface area contributed by atoms with Gasteiger partial charge in [-0.3, -0.25) is 0 Å². The van der Waals surface area contributed by atoms with Gasteiger partial charge in [0, 0.05) is 22.8 Å². The molecule has 0 spiro atoms. The fourth-order valence-corrected chi connectivity index (χ4v) is 4.02. The first-order valence-electron chi connectivity index (χ1n) is 6.10. The summed E-state index contributed by atoms with van der Waals surface area (Å²) in [6.45, 7) is 2.10. The minimum absolute atomic E-state index is 0.935. The average Bonchev–Trinajstić information content (AvgIpc) is 2.76. The van der Waals surface area contributed by atoms with Crippen LogP contribution in [0.2, 0.25) is 0 Å². The predicted molar refractivity (Wildman–Crippen MR) is 82.2 cm³/mol. The highest BCUT2D eigenvalue weighted by Gasteiger charge is 2.18. The van der Waals surface area contributed by atoms with Crippen LogP contribution in [0.25, 0.3) is 0 Å². The van der Waals surface area contributed by atoms with Crippen LogP contribution in [-0.2, 0) is 13.0 Å². The number of benzene rings is 1. The van der Waals surface area contributed by atoms with Gasteiger partial charge in [-0.15, -0.1) is 11.3 Å². The number of hydrogen-bond acceptors (Lipinski definition) is 3. The molecule has 3 rings (SSSR count). The van der Waals surface area contributed by atoms with E-state index in [1.807, 2.05) is 6.07 Å². The number of rotatable bonds is 2. The molecule has 0 atom stereocenters. The summed E-state index contributed by atoms with van der Waals surface area (Å²) in [5.74, 6) is 0. The molecule has 2 N–H and O–H groups in total. The van der Waals surface area contributed by atoms with Crippen LogP contribution in [0.4, 0.5) is 11.4 Å². The van der Waals surface area contributed by atoms with Crippen LogP contribution in [0.3, 0.4) is 0 Å². The van der Waals surface area contributed by atoms with Gasteiger partial charge in [0.1, 0.15) is 0 Å². The van der Waals surface area contributed by atoms with E-state index in [9.17, 15) is 0 Å². The van der Waals surface area contributed by atoms with Crippen molar-refractivity contribution in [3.8, 4) is 0 Å². The summed E-state index contributed by atoms with van der Waals surface area (Å²) >= 11 is 5.32. The average molecular weight is 323 g/mol.